The monoisotopic (exact) mass is 286 g/mol. The fraction of sp³-hybridized carbons (Fsp3) is 0.500. The van der Waals surface area contributed by atoms with Gasteiger partial charge in [0.15, 0.2) is 11.5 Å². The average molecular weight is 287 g/mol. The van der Waals surface area contributed by atoms with Gasteiger partial charge in [0.05, 0.1) is 6.61 Å². The molecule has 9 heteroatoms. The van der Waals surface area contributed by atoms with Crippen LogP contribution in [0.5, 0.6) is 0 Å². The number of aromatic nitrogens is 4. The molecule has 2 aromatic heterocycles. The van der Waals surface area contributed by atoms with E-state index >= 15 is 0 Å². The van der Waals surface area contributed by atoms with Gasteiger partial charge in [0, 0.05) is 0 Å². The summed E-state index contributed by atoms with van der Waals surface area (Å²) in [5, 5.41) is 40.7. The highest BCUT2D eigenvalue weighted by atomic mass is 35.5. The predicted molar refractivity (Wildman–Crippen MR) is 62.5 cm³/mol. The third kappa shape index (κ3) is 1.97. The van der Waals surface area contributed by atoms with E-state index in [1.807, 2.05) is 0 Å². The molecule has 0 bridgehead atoms. The fourth-order valence-electron chi connectivity index (χ4n) is 2.07. The van der Waals surface area contributed by atoms with Gasteiger partial charge in [0.1, 0.15) is 29.6 Å². The van der Waals surface area contributed by atoms with Crippen molar-refractivity contribution in [3.8, 4) is 0 Å². The summed E-state index contributed by atoms with van der Waals surface area (Å²) < 4.78 is 6.71. The lowest BCUT2D eigenvalue weighted by molar-refractivity contribution is -0.0258. The molecular weight excluding hydrogens is 276 g/mol. The second kappa shape index (κ2) is 4.66. The molecule has 1 saturated heterocycles. The normalized spacial score (nSPS) is 31.2. The van der Waals surface area contributed by atoms with Crippen molar-refractivity contribution in [3.05, 3.63) is 23.1 Å². The van der Waals surface area contributed by atoms with E-state index in [4.69, 9.17) is 21.4 Å². The molecule has 0 radical (unpaired) electrons. The Balaban J connectivity index is 2.03. The van der Waals surface area contributed by atoms with E-state index in [0.29, 0.717) is 5.65 Å². The first-order valence-electron chi connectivity index (χ1n) is 5.62. The molecule has 4 atom stereocenters. The summed E-state index contributed by atoms with van der Waals surface area (Å²) in [6, 6.07) is 3.18. The van der Waals surface area contributed by atoms with Crippen molar-refractivity contribution in [1.29, 1.82) is 0 Å². The predicted octanol–water partition coefficient (Wildman–Crippen LogP) is -1.07. The first-order valence-corrected chi connectivity index (χ1v) is 6.00. The van der Waals surface area contributed by atoms with Gasteiger partial charge in [-0.15, -0.1) is 10.2 Å². The number of nitrogens with zero attached hydrogens (tertiary/aromatic N) is 4. The number of hydrogen-bond acceptors (Lipinski definition) is 7. The highest BCUT2D eigenvalue weighted by Crippen LogP contribution is 2.32. The minimum atomic E-state index is -1.22. The van der Waals surface area contributed by atoms with E-state index in [-0.39, 0.29) is 11.0 Å². The lowest BCUT2D eigenvalue weighted by Gasteiger charge is -2.12. The first kappa shape index (κ1) is 12.7. The van der Waals surface area contributed by atoms with Gasteiger partial charge in [-0.2, -0.15) is 9.61 Å². The van der Waals surface area contributed by atoms with Gasteiger partial charge in [-0.05, 0) is 12.1 Å². The van der Waals surface area contributed by atoms with Gasteiger partial charge in [-0.25, -0.2) is 0 Å². The van der Waals surface area contributed by atoms with Gasteiger partial charge in [-0.1, -0.05) is 11.6 Å². The molecule has 0 unspecified atom stereocenters. The molecule has 3 N–H and O–H groups in total. The Morgan fingerprint density at radius 1 is 1.26 bits per heavy atom. The lowest BCUT2D eigenvalue weighted by Crippen LogP contribution is -2.32. The largest absolute Gasteiger partial charge is 0.394 e. The minimum Gasteiger partial charge on any atom is -0.394 e. The second-order valence-corrected chi connectivity index (χ2v) is 4.63. The average Bonchev–Trinajstić information content (AvgIpc) is 2.92. The van der Waals surface area contributed by atoms with Crippen LogP contribution in [0.3, 0.4) is 0 Å². The van der Waals surface area contributed by atoms with Crippen LogP contribution in [0.15, 0.2) is 12.1 Å². The SMILES string of the molecule is OC[C@H]1O[C@H](c2nnc3ccc(Cl)nn23)[C@@H](O)[C@@H]1O. The highest BCUT2D eigenvalue weighted by Gasteiger charge is 2.45. The molecule has 19 heavy (non-hydrogen) atoms. The smallest absolute Gasteiger partial charge is 0.186 e. The molecule has 3 heterocycles. The molecule has 2 aromatic rings. The second-order valence-electron chi connectivity index (χ2n) is 4.24. The topological polar surface area (TPSA) is 113 Å². The standard InChI is InChI=1S/C10H11ClN4O4/c11-5-1-2-6-12-13-10(15(6)14-5)9-8(18)7(17)4(3-16)19-9/h1-2,4,7-9,16-18H,3H2/t4-,7-,8+,9+/m1/s1. The maximum atomic E-state index is 9.93. The quantitative estimate of drug-likeness (QED) is 0.644. The van der Waals surface area contributed by atoms with E-state index in [1.54, 1.807) is 12.1 Å². The summed E-state index contributed by atoms with van der Waals surface area (Å²) in [5.74, 6) is 0.222. The van der Waals surface area contributed by atoms with Crippen LogP contribution in [0.2, 0.25) is 5.15 Å². The molecular formula is C10H11ClN4O4. The third-order valence-electron chi connectivity index (χ3n) is 3.05. The maximum Gasteiger partial charge on any atom is 0.186 e. The van der Waals surface area contributed by atoms with Crippen LogP contribution < -0.4 is 0 Å². The van der Waals surface area contributed by atoms with Gasteiger partial charge in [-0.3, -0.25) is 0 Å². The minimum absolute atomic E-state index is 0.222. The summed E-state index contributed by atoms with van der Waals surface area (Å²) in [7, 11) is 0. The van der Waals surface area contributed by atoms with E-state index in [9.17, 15) is 10.2 Å². The zero-order valence-electron chi connectivity index (χ0n) is 9.59. The third-order valence-corrected chi connectivity index (χ3v) is 3.25. The number of halogens is 1. The molecule has 0 amide bonds. The maximum absolute atomic E-state index is 9.93. The zero-order valence-corrected chi connectivity index (χ0v) is 10.3. The van der Waals surface area contributed by atoms with Crippen LogP contribution in [0, 0.1) is 0 Å². The summed E-state index contributed by atoms with van der Waals surface area (Å²) >= 11 is 5.80. The zero-order chi connectivity index (χ0) is 13.6. The number of aliphatic hydroxyl groups excluding tert-OH is 3. The summed E-state index contributed by atoms with van der Waals surface area (Å²) in [6.45, 7) is -0.403. The molecule has 3 rings (SSSR count). The van der Waals surface area contributed by atoms with Crippen LogP contribution in [-0.4, -0.2) is 60.0 Å². The summed E-state index contributed by atoms with van der Waals surface area (Å²) in [6.07, 6.45) is -4.20. The van der Waals surface area contributed by atoms with Gasteiger partial charge >= 0.3 is 0 Å². The molecule has 0 saturated carbocycles. The van der Waals surface area contributed by atoms with Gasteiger partial charge in [0.2, 0.25) is 0 Å². The molecule has 8 nitrogen and oxygen atoms in total. The van der Waals surface area contributed by atoms with Crippen LogP contribution in [0.25, 0.3) is 5.65 Å². The lowest BCUT2D eigenvalue weighted by atomic mass is 10.1. The summed E-state index contributed by atoms with van der Waals surface area (Å²) in [4.78, 5) is 0. The van der Waals surface area contributed by atoms with E-state index in [2.05, 4.69) is 15.3 Å². The Hall–Kier alpha value is -1.32. The van der Waals surface area contributed by atoms with Crippen molar-refractivity contribution < 1.29 is 20.1 Å². The Morgan fingerprint density at radius 3 is 2.74 bits per heavy atom. The Morgan fingerprint density at radius 2 is 2.05 bits per heavy atom. The summed E-state index contributed by atoms with van der Waals surface area (Å²) in [5.41, 5.74) is 0.442. The van der Waals surface area contributed by atoms with E-state index in [1.165, 1.54) is 4.52 Å². The van der Waals surface area contributed by atoms with E-state index in [0.717, 1.165) is 0 Å². The molecule has 1 aliphatic heterocycles. The van der Waals surface area contributed by atoms with Crippen LogP contribution >= 0.6 is 11.6 Å². The van der Waals surface area contributed by atoms with Crippen LogP contribution in [0.4, 0.5) is 0 Å². The highest BCUT2D eigenvalue weighted by molar-refractivity contribution is 6.29. The fourth-order valence-corrected chi connectivity index (χ4v) is 2.21. The number of hydrogen-bond donors (Lipinski definition) is 3. The van der Waals surface area contributed by atoms with Crippen molar-refractivity contribution >= 4 is 17.2 Å². The van der Waals surface area contributed by atoms with Crippen molar-refractivity contribution in [2.75, 3.05) is 6.61 Å². The molecule has 1 aliphatic rings. The Bertz CT molecular complexity index is 606. The number of ether oxygens (including phenoxy) is 1. The van der Waals surface area contributed by atoms with Gasteiger partial charge in [0.25, 0.3) is 0 Å². The Labute approximate surface area is 112 Å². The molecule has 1 fully saturated rings. The molecule has 0 spiro atoms. The van der Waals surface area contributed by atoms with Gasteiger partial charge < -0.3 is 20.1 Å². The number of fused-ring (bicyclic) bond motifs is 1. The molecule has 0 aliphatic carbocycles. The van der Waals surface area contributed by atoms with Crippen LogP contribution in [-0.2, 0) is 4.74 Å². The first-order chi connectivity index (χ1) is 9.11. The van der Waals surface area contributed by atoms with Crippen molar-refractivity contribution in [3.63, 3.8) is 0 Å². The van der Waals surface area contributed by atoms with Crippen molar-refractivity contribution in [2.45, 2.75) is 24.4 Å². The van der Waals surface area contributed by atoms with E-state index < -0.39 is 31.0 Å². The number of aliphatic hydroxyl groups is 3. The van der Waals surface area contributed by atoms with Crippen molar-refractivity contribution in [1.82, 2.24) is 19.8 Å². The Kier molecular flexibility index (Phi) is 3.11. The van der Waals surface area contributed by atoms with Crippen LogP contribution in [0.1, 0.15) is 11.9 Å². The van der Waals surface area contributed by atoms with Crippen molar-refractivity contribution in [2.24, 2.45) is 0 Å². The molecule has 102 valence electrons. The molecule has 0 aromatic carbocycles. The number of rotatable bonds is 2.